The summed E-state index contributed by atoms with van der Waals surface area (Å²) in [6, 6.07) is 6.76. The van der Waals surface area contributed by atoms with Gasteiger partial charge in [-0.3, -0.25) is 9.59 Å². The lowest BCUT2D eigenvalue weighted by Gasteiger charge is -2.23. The number of thiazole rings is 1. The van der Waals surface area contributed by atoms with Gasteiger partial charge >= 0.3 is 6.09 Å². The number of hydrogen-bond acceptors (Lipinski definition) is 10. The van der Waals surface area contributed by atoms with Crippen LogP contribution in [0.4, 0.5) is 22.0 Å². The lowest BCUT2D eigenvalue weighted by atomic mass is 9.49. The van der Waals surface area contributed by atoms with Gasteiger partial charge in [0.2, 0.25) is 5.91 Å². The Morgan fingerprint density at radius 3 is 2.56 bits per heavy atom. The fourth-order valence-corrected chi connectivity index (χ4v) is 4.33. The highest BCUT2D eigenvalue weighted by Gasteiger charge is 2.30. The average molecular weight is 541 g/mol. The Hall–Kier alpha value is -4.07. The number of ether oxygens (including phenoxy) is 2. The first-order valence-corrected chi connectivity index (χ1v) is 12.5. The quantitative estimate of drug-likeness (QED) is 0.279. The predicted octanol–water partition coefficient (Wildman–Crippen LogP) is 1.40. The molecule has 1 aliphatic carbocycles. The first-order valence-electron chi connectivity index (χ1n) is 11.7. The fourth-order valence-electron chi connectivity index (χ4n) is 3.46. The SMILES string of the molecule is [B]C([B])([B])NC(=O)c1nnc(NC(=O)C2CC2)cc1Nc1cccc(-c2ncc(CNC(=O)OC)s2)c1OC. The second-order valence-corrected chi connectivity index (χ2v) is 9.75. The highest BCUT2D eigenvalue weighted by Crippen LogP contribution is 2.40. The molecule has 3 aromatic rings. The minimum Gasteiger partial charge on any atom is -0.494 e. The molecule has 12 nitrogen and oxygen atoms in total. The molecule has 1 aliphatic rings. The monoisotopic (exact) mass is 541 g/mol. The Bertz CT molecular complexity index is 1390. The van der Waals surface area contributed by atoms with E-state index in [1.54, 1.807) is 18.3 Å². The summed E-state index contributed by atoms with van der Waals surface area (Å²) in [5.74, 6) is -0.491. The van der Waals surface area contributed by atoms with Gasteiger partial charge in [-0.2, -0.15) is 0 Å². The highest BCUT2D eigenvalue weighted by atomic mass is 32.1. The molecule has 16 heteroatoms. The van der Waals surface area contributed by atoms with E-state index >= 15 is 0 Å². The number of carbonyl (C=O) groups excluding carboxylic acids is 3. The van der Waals surface area contributed by atoms with Crippen LogP contribution in [0.15, 0.2) is 30.5 Å². The largest absolute Gasteiger partial charge is 0.494 e. The van der Waals surface area contributed by atoms with Crippen molar-refractivity contribution >= 4 is 70.0 Å². The van der Waals surface area contributed by atoms with Gasteiger partial charge in [-0.1, -0.05) is 11.3 Å². The molecule has 6 radical (unpaired) electrons. The Morgan fingerprint density at radius 2 is 1.90 bits per heavy atom. The van der Waals surface area contributed by atoms with E-state index in [4.69, 9.17) is 28.3 Å². The standard InChI is InChI=1S/C23H22B3N7O5S/c1-37-18-13(21-27-9-12(39-21)10-28-22(36)38-2)4-3-5-14(18)29-15-8-16(30-19(34)11-6-7-11)32-33-17(15)20(35)31-23(24,25)26/h3-5,8-9,11H,6-7,10H2,1-2H3,(H,28,36)(H,31,35)(H2,29,30,32,34). The molecule has 0 aliphatic heterocycles. The number of nitrogens with zero attached hydrogens (tertiary/aromatic N) is 3. The molecule has 0 saturated heterocycles. The Labute approximate surface area is 232 Å². The van der Waals surface area contributed by atoms with E-state index in [-0.39, 0.29) is 35.6 Å². The molecular weight excluding hydrogens is 519 g/mol. The number of nitrogens with one attached hydrogen (secondary N) is 4. The number of methoxy groups -OCH3 is 2. The third-order valence-electron chi connectivity index (χ3n) is 5.40. The second-order valence-electron chi connectivity index (χ2n) is 8.63. The molecule has 194 valence electrons. The van der Waals surface area contributed by atoms with Crippen LogP contribution in [-0.4, -0.2) is 76.1 Å². The summed E-state index contributed by atoms with van der Waals surface area (Å²) in [4.78, 5) is 41.7. The van der Waals surface area contributed by atoms with Crippen molar-refractivity contribution in [3.63, 3.8) is 0 Å². The van der Waals surface area contributed by atoms with Crippen LogP contribution in [0, 0.1) is 5.92 Å². The average Bonchev–Trinajstić information content (AvgIpc) is 3.64. The zero-order chi connectivity index (χ0) is 28.2. The summed E-state index contributed by atoms with van der Waals surface area (Å²) < 4.78 is 10.3. The number of hydrogen-bond donors (Lipinski definition) is 4. The smallest absolute Gasteiger partial charge is 0.407 e. The molecule has 0 spiro atoms. The van der Waals surface area contributed by atoms with Gasteiger partial charge in [0.15, 0.2) is 17.3 Å². The third kappa shape index (κ3) is 7.28. The summed E-state index contributed by atoms with van der Waals surface area (Å²) in [5, 5.41) is 17.2. The second kappa shape index (κ2) is 11.8. The summed E-state index contributed by atoms with van der Waals surface area (Å²) in [6.45, 7) is 0.242. The number of carbonyl (C=O) groups is 3. The molecular formula is C23H22B3N7O5S. The van der Waals surface area contributed by atoms with Crippen molar-refractivity contribution in [2.24, 2.45) is 5.92 Å². The maximum atomic E-state index is 12.8. The van der Waals surface area contributed by atoms with Gasteiger partial charge in [0.05, 0.1) is 61.2 Å². The van der Waals surface area contributed by atoms with E-state index in [2.05, 4.69) is 41.2 Å². The van der Waals surface area contributed by atoms with Crippen molar-refractivity contribution in [2.75, 3.05) is 24.9 Å². The van der Waals surface area contributed by atoms with Crippen molar-refractivity contribution in [1.82, 2.24) is 25.8 Å². The highest BCUT2D eigenvalue weighted by molar-refractivity contribution is 7.15. The molecule has 4 N–H and O–H groups in total. The minimum absolute atomic E-state index is 0.0682. The number of rotatable bonds is 10. The van der Waals surface area contributed by atoms with E-state index < -0.39 is 17.2 Å². The lowest BCUT2D eigenvalue weighted by Crippen LogP contribution is -2.50. The molecule has 2 heterocycles. The van der Waals surface area contributed by atoms with E-state index in [0.717, 1.165) is 17.7 Å². The molecule has 0 bridgehead atoms. The zero-order valence-corrected chi connectivity index (χ0v) is 21.9. The van der Waals surface area contributed by atoms with Crippen LogP contribution in [0.3, 0.4) is 0 Å². The topological polar surface area (TPSA) is 156 Å². The summed E-state index contributed by atoms with van der Waals surface area (Å²) >= 11 is 1.35. The number of aromatic nitrogens is 3. The molecule has 1 saturated carbocycles. The van der Waals surface area contributed by atoms with Crippen LogP contribution in [0.25, 0.3) is 10.6 Å². The number of benzene rings is 1. The van der Waals surface area contributed by atoms with Gasteiger partial charge in [-0.05, 0) is 25.0 Å². The number of amides is 3. The van der Waals surface area contributed by atoms with Crippen molar-refractivity contribution in [1.29, 1.82) is 0 Å². The molecule has 4 rings (SSSR count). The van der Waals surface area contributed by atoms with E-state index in [1.165, 1.54) is 31.6 Å². The van der Waals surface area contributed by atoms with Crippen LogP contribution < -0.4 is 26.0 Å². The minimum atomic E-state index is -2.00. The number of alkyl carbamates (subject to hydrolysis) is 1. The number of anilines is 3. The van der Waals surface area contributed by atoms with E-state index in [9.17, 15) is 14.4 Å². The molecule has 0 atom stereocenters. The van der Waals surface area contributed by atoms with Crippen molar-refractivity contribution in [3.8, 4) is 16.3 Å². The van der Waals surface area contributed by atoms with E-state index in [1.807, 2.05) is 6.07 Å². The molecule has 1 fully saturated rings. The van der Waals surface area contributed by atoms with Crippen LogP contribution in [0.5, 0.6) is 5.75 Å². The first kappa shape index (κ1) is 28.0. The Kier molecular flexibility index (Phi) is 8.43. The van der Waals surface area contributed by atoms with Crippen molar-refractivity contribution in [3.05, 3.63) is 41.0 Å². The Morgan fingerprint density at radius 1 is 1.13 bits per heavy atom. The third-order valence-corrected chi connectivity index (χ3v) is 6.43. The van der Waals surface area contributed by atoms with Crippen LogP contribution in [-0.2, 0) is 16.1 Å². The van der Waals surface area contributed by atoms with Gasteiger partial charge in [-0.25, -0.2) is 9.78 Å². The number of para-hydroxylation sites is 1. The van der Waals surface area contributed by atoms with Gasteiger partial charge in [0.25, 0.3) is 5.91 Å². The molecule has 2 aromatic heterocycles. The van der Waals surface area contributed by atoms with Crippen LogP contribution >= 0.6 is 11.3 Å². The lowest BCUT2D eigenvalue weighted by molar-refractivity contribution is -0.117. The zero-order valence-electron chi connectivity index (χ0n) is 21.1. The maximum absolute atomic E-state index is 12.8. The molecule has 0 unspecified atom stereocenters. The normalized spacial score (nSPS) is 12.8. The summed E-state index contributed by atoms with van der Waals surface area (Å²) in [7, 11) is 19.4. The van der Waals surface area contributed by atoms with Crippen LogP contribution in [0.2, 0.25) is 0 Å². The molecule has 39 heavy (non-hydrogen) atoms. The summed E-state index contributed by atoms with van der Waals surface area (Å²) in [6.07, 6.45) is 2.69. The molecule has 1 aromatic carbocycles. The van der Waals surface area contributed by atoms with E-state index in [0.29, 0.717) is 22.0 Å². The van der Waals surface area contributed by atoms with Gasteiger partial charge in [0, 0.05) is 23.1 Å². The summed E-state index contributed by atoms with van der Waals surface area (Å²) in [5.41, 5.74) is 1.11. The predicted molar refractivity (Wildman–Crippen MR) is 147 cm³/mol. The van der Waals surface area contributed by atoms with Crippen LogP contribution in [0.1, 0.15) is 28.2 Å². The van der Waals surface area contributed by atoms with Gasteiger partial charge < -0.3 is 30.7 Å². The van der Waals surface area contributed by atoms with Crippen molar-refractivity contribution in [2.45, 2.75) is 24.6 Å². The van der Waals surface area contributed by atoms with Gasteiger partial charge in [-0.15, -0.1) is 21.5 Å². The van der Waals surface area contributed by atoms with Gasteiger partial charge in [0.1, 0.15) is 5.01 Å². The Balaban J connectivity index is 1.66. The molecule has 3 amide bonds. The fraction of sp³-hybridized carbons (Fsp3) is 0.304. The van der Waals surface area contributed by atoms with Crippen molar-refractivity contribution < 1.29 is 23.9 Å². The first-order chi connectivity index (χ1) is 18.6. The maximum Gasteiger partial charge on any atom is 0.407 e.